The van der Waals surface area contributed by atoms with Crippen molar-refractivity contribution in [3.05, 3.63) is 24.7 Å². The number of hydrogen-bond donors (Lipinski definition) is 1. The first-order valence-electron chi connectivity index (χ1n) is 2.83. The van der Waals surface area contributed by atoms with E-state index in [2.05, 4.69) is 0 Å². The number of hydrogen-bond acceptors (Lipinski definition) is 2. The van der Waals surface area contributed by atoms with Gasteiger partial charge in [0.05, 0.1) is 0 Å². The lowest BCUT2D eigenvalue weighted by atomic mass is 10.6. The highest BCUT2D eigenvalue weighted by molar-refractivity contribution is 5.74. The Kier molecular flexibility index (Phi) is 1.94. The van der Waals surface area contributed by atoms with Gasteiger partial charge < -0.3 is 10.5 Å². The van der Waals surface area contributed by atoms with Crippen LogP contribution >= 0.6 is 0 Å². The normalized spacial score (nSPS) is 16.2. The van der Waals surface area contributed by atoms with E-state index in [1.54, 1.807) is 12.3 Å². The third-order valence-corrected chi connectivity index (χ3v) is 1.03. The third kappa shape index (κ3) is 1.51. The Morgan fingerprint density at radius 3 is 3.10 bits per heavy atom. The molecule has 1 aliphatic heterocycles. The van der Waals surface area contributed by atoms with Crippen molar-refractivity contribution in [3.63, 3.8) is 0 Å². The zero-order valence-electron chi connectivity index (χ0n) is 5.36. The highest BCUT2D eigenvalue weighted by Crippen LogP contribution is 1.96. The minimum absolute atomic E-state index is 0.472. The number of rotatable bonds is 0. The minimum Gasteiger partial charge on any atom is -0.496 e. The number of carbonyl (C=O) groups is 1. The number of amides is 2. The summed E-state index contributed by atoms with van der Waals surface area (Å²) in [5.74, 6) is 0. The fraction of sp³-hybridized carbons (Fsp3) is 0.167. The van der Waals surface area contributed by atoms with Crippen LogP contribution in [0.2, 0.25) is 0 Å². The molecule has 0 atom stereocenters. The fourth-order valence-corrected chi connectivity index (χ4v) is 0.573. The molecule has 2 amide bonds. The average Bonchev–Trinajstić information content (AvgIpc) is 2.12. The van der Waals surface area contributed by atoms with Crippen LogP contribution in [0.5, 0.6) is 0 Å². The largest absolute Gasteiger partial charge is 0.496 e. The number of nitrogens with zero attached hydrogens (tertiary/aromatic N) is 1. The van der Waals surface area contributed by atoms with Crippen molar-refractivity contribution in [1.29, 1.82) is 0 Å². The molecule has 0 radical (unpaired) electrons. The monoisotopic (exact) mass is 140 g/mol. The van der Waals surface area contributed by atoms with Gasteiger partial charge in [-0.1, -0.05) is 0 Å². The molecule has 0 saturated carbocycles. The lowest BCUT2D eigenvalue weighted by molar-refractivity contribution is 0.234. The van der Waals surface area contributed by atoms with Gasteiger partial charge in [0.25, 0.3) is 0 Å². The van der Waals surface area contributed by atoms with Gasteiger partial charge in [-0.15, -0.1) is 0 Å². The average molecular weight is 140 g/mol. The summed E-state index contributed by atoms with van der Waals surface area (Å²) in [7, 11) is 0. The highest BCUT2D eigenvalue weighted by Gasteiger charge is 2.01. The first-order chi connectivity index (χ1) is 4.80. The Labute approximate surface area is 58.6 Å². The van der Waals surface area contributed by atoms with E-state index in [1.165, 1.54) is 17.4 Å². The van der Waals surface area contributed by atoms with E-state index in [4.69, 9.17) is 10.5 Å². The number of urea groups is 1. The van der Waals surface area contributed by atoms with E-state index in [1.807, 2.05) is 0 Å². The number of ether oxygens (including phenoxy) is 1. The maximum absolute atomic E-state index is 10.5. The van der Waals surface area contributed by atoms with E-state index >= 15 is 0 Å². The van der Waals surface area contributed by atoms with Gasteiger partial charge >= 0.3 is 6.03 Å². The van der Waals surface area contributed by atoms with E-state index < -0.39 is 6.03 Å². The summed E-state index contributed by atoms with van der Waals surface area (Å²) in [6.07, 6.45) is 6.15. The zero-order chi connectivity index (χ0) is 7.40. The van der Waals surface area contributed by atoms with Crippen LogP contribution in [0.1, 0.15) is 0 Å². The minimum atomic E-state index is -0.516. The van der Waals surface area contributed by atoms with Crippen molar-refractivity contribution >= 4 is 6.03 Å². The predicted octanol–water partition coefficient (Wildman–Crippen LogP) is 0.382. The summed E-state index contributed by atoms with van der Waals surface area (Å²) < 4.78 is 4.86. The molecule has 0 bridgehead atoms. The quantitative estimate of drug-likeness (QED) is 0.529. The van der Waals surface area contributed by atoms with Crippen LogP contribution in [-0.4, -0.2) is 17.5 Å². The van der Waals surface area contributed by atoms with Crippen LogP contribution < -0.4 is 5.73 Å². The molecule has 2 N–H and O–H groups in total. The molecule has 0 saturated heterocycles. The second-order valence-electron chi connectivity index (χ2n) is 1.75. The summed E-state index contributed by atoms with van der Waals surface area (Å²) in [6, 6.07) is -0.516. The molecular weight excluding hydrogens is 132 g/mol. The molecule has 0 aromatic carbocycles. The summed E-state index contributed by atoms with van der Waals surface area (Å²) >= 11 is 0. The number of carbonyl (C=O) groups excluding carboxylic acids is 1. The van der Waals surface area contributed by atoms with Gasteiger partial charge in [-0.05, 0) is 6.08 Å². The Bertz CT molecular complexity index is 172. The molecular formula is C6H8N2O2. The Morgan fingerprint density at radius 1 is 1.60 bits per heavy atom. The van der Waals surface area contributed by atoms with Crippen molar-refractivity contribution < 1.29 is 9.53 Å². The van der Waals surface area contributed by atoms with Crippen LogP contribution in [0.25, 0.3) is 0 Å². The van der Waals surface area contributed by atoms with Crippen LogP contribution in [0, 0.1) is 0 Å². The lowest BCUT2D eigenvalue weighted by Gasteiger charge is -2.05. The van der Waals surface area contributed by atoms with Gasteiger partial charge in [0, 0.05) is 12.4 Å². The van der Waals surface area contributed by atoms with Gasteiger partial charge in [-0.2, -0.15) is 0 Å². The van der Waals surface area contributed by atoms with E-state index in [0.717, 1.165) is 0 Å². The first-order valence-corrected chi connectivity index (χ1v) is 2.83. The third-order valence-electron chi connectivity index (χ3n) is 1.03. The maximum atomic E-state index is 10.5. The van der Waals surface area contributed by atoms with Gasteiger partial charge in [0.15, 0.2) is 0 Å². The molecule has 4 heteroatoms. The van der Waals surface area contributed by atoms with E-state index in [-0.39, 0.29) is 0 Å². The topological polar surface area (TPSA) is 55.6 Å². The maximum Gasteiger partial charge on any atom is 0.322 e. The van der Waals surface area contributed by atoms with E-state index in [9.17, 15) is 4.79 Å². The van der Waals surface area contributed by atoms with Crippen LogP contribution in [-0.2, 0) is 4.74 Å². The molecule has 0 fully saturated rings. The molecule has 1 aliphatic rings. The Morgan fingerprint density at radius 2 is 2.40 bits per heavy atom. The first kappa shape index (κ1) is 6.67. The standard InChI is InChI=1S/C6H8N2O2/c7-6(9)8-2-1-4-10-5-3-8/h1-3,5H,4H2,(H2,7,9). The molecule has 1 rings (SSSR count). The molecule has 1 heterocycles. The van der Waals surface area contributed by atoms with Crippen molar-refractivity contribution in [2.45, 2.75) is 0 Å². The summed E-state index contributed by atoms with van der Waals surface area (Å²) in [6.45, 7) is 0.472. The molecule has 10 heavy (non-hydrogen) atoms. The van der Waals surface area contributed by atoms with Gasteiger partial charge in [-0.25, -0.2) is 4.79 Å². The molecule has 4 nitrogen and oxygen atoms in total. The van der Waals surface area contributed by atoms with Crippen molar-refractivity contribution in [1.82, 2.24) is 4.90 Å². The molecule has 0 unspecified atom stereocenters. The van der Waals surface area contributed by atoms with Crippen LogP contribution in [0.15, 0.2) is 24.7 Å². The fourth-order valence-electron chi connectivity index (χ4n) is 0.573. The van der Waals surface area contributed by atoms with Crippen molar-refractivity contribution in [2.75, 3.05) is 6.61 Å². The number of primary amides is 1. The van der Waals surface area contributed by atoms with E-state index in [0.29, 0.717) is 6.61 Å². The Balaban J connectivity index is 2.64. The second-order valence-corrected chi connectivity index (χ2v) is 1.75. The SMILES string of the molecule is NC(=O)N1C=CCOC=C1. The lowest BCUT2D eigenvalue weighted by Crippen LogP contribution is -2.25. The summed E-state index contributed by atoms with van der Waals surface area (Å²) in [5.41, 5.74) is 4.97. The number of nitrogens with two attached hydrogens (primary N) is 1. The molecule has 54 valence electrons. The molecule has 0 aromatic rings. The summed E-state index contributed by atoms with van der Waals surface area (Å²) in [5, 5.41) is 0. The summed E-state index contributed by atoms with van der Waals surface area (Å²) in [4.78, 5) is 11.7. The van der Waals surface area contributed by atoms with Crippen LogP contribution in [0.4, 0.5) is 4.79 Å². The predicted molar refractivity (Wildman–Crippen MR) is 35.7 cm³/mol. The van der Waals surface area contributed by atoms with Crippen molar-refractivity contribution in [3.8, 4) is 0 Å². The Hall–Kier alpha value is -1.45. The van der Waals surface area contributed by atoms with Crippen LogP contribution in [0.3, 0.4) is 0 Å². The molecule has 0 aliphatic carbocycles. The molecule has 0 aromatic heterocycles. The zero-order valence-corrected chi connectivity index (χ0v) is 5.36. The second kappa shape index (κ2) is 2.91. The smallest absolute Gasteiger partial charge is 0.322 e. The highest BCUT2D eigenvalue weighted by atomic mass is 16.5. The van der Waals surface area contributed by atoms with Gasteiger partial charge in [-0.3, -0.25) is 4.90 Å². The van der Waals surface area contributed by atoms with Gasteiger partial charge in [0.2, 0.25) is 0 Å². The van der Waals surface area contributed by atoms with Gasteiger partial charge in [0.1, 0.15) is 12.9 Å². The van der Waals surface area contributed by atoms with Crippen molar-refractivity contribution in [2.24, 2.45) is 5.73 Å². The molecule has 0 spiro atoms.